The van der Waals surface area contributed by atoms with Crippen molar-refractivity contribution in [2.45, 2.75) is 75.4 Å². The maximum atomic E-state index is 13.5. The number of hydrogen-bond donors (Lipinski definition) is 4. The van der Waals surface area contributed by atoms with Crippen molar-refractivity contribution in [3.63, 3.8) is 0 Å². The monoisotopic (exact) mass is 542 g/mol. The molecule has 2 amide bonds. The first-order valence-electron chi connectivity index (χ1n) is 12.6. The highest BCUT2D eigenvalue weighted by molar-refractivity contribution is 7.91. The van der Waals surface area contributed by atoms with Gasteiger partial charge in [-0.05, 0) is 70.2 Å². The lowest BCUT2D eigenvalue weighted by atomic mass is 9.93. The summed E-state index contributed by atoms with van der Waals surface area (Å²) in [5.74, 6) is -0.764. The molecule has 3 unspecified atom stereocenters. The van der Waals surface area contributed by atoms with Crippen molar-refractivity contribution < 1.29 is 22.7 Å². The van der Waals surface area contributed by atoms with Crippen LogP contribution in [0, 0.1) is 18.8 Å². The average Bonchev–Trinajstić information content (AvgIpc) is 3.46. The first-order valence-corrected chi connectivity index (χ1v) is 14.1. The molecule has 2 aromatic heterocycles. The Hall–Kier alpha value is -3.67. The fraction of sp³-hybridized carbons (Fsp3) is 0.462. The summed E-state index contributed by atoms with van der Waals surface area (Å²) >= 11 is 0. The van der Waals surface area contributed by atoms with E-state index in [1.165, 1.54) is 6.07 Å². The number of H-pyrrole nitrogens is 1. The number of aromatic amines is 1. The van der Waals surface area contributed by atoms with Crippen LogP contribution in [0.25, 0.3) is 11.2 Å². The fourth-order valence-electron chi connectivity index (χ4n) is 4.72. The summed E-state index contributed by atoms with van der Waals surface area (Å²) in [7, 11) is -4.05. The van der Waals surface area contributed by atoms with Crippen molar-refractivity contribution in [1.82, 2.24) is 25.7 Å². The molecular formula is C26H34N6O5S. The minimum atomic E-state index is -4.05. The van der Waals surface area contributed by atoms with Gasteiger partial charge in [-0.25, -0.2) is 23.2 Å². The summed E-state index contributed by atoms with van der Waals surface area (Å²) in [5.41, 5.74) is 6.27. The van der Waals surface area contributed by atoms with Crippen molar-refractivity contribution in [3.05, 3.63) is 42.1 Å². The number of anilines is 1. The number of ether oxygens (including phenoxy) is 1. The molecule has 4 rings (SSSR count). The second-order valence-electron chi connectivity index (χ2n) is 10.6. The van der Waals surface area contributed by atoms with Crippen LogP contribution in [0.3, 0.4) is 0 Å². The predicted octanol–water partition coefficient (Wildman–Crippen LogP) is 3.87. The molecule has 11 nitrogen and oxygen atoms in total. The third-order valence-corrected chi connectivity index (χ3v) is 8.16. The van der Waals surface area contributed by atoms with Gasteiger partial charge in [0.15, 0.2) is 11.5 Å². The molecule has 0 radical (unpaired) electrons. The number of aryl methyl sites for hydroxylation is 1. The summed E-state index contributed by atoms with van der Waals surface area (Å²) in [6.07, 6.45) is 2.90. The maximum Gasteiger partial charge on any atom is 0.407 e. The molecule has 1 fully saturated rings. The van der Waals surface area contributed by atoms with Crippen LogP contribution in [0.1, 0.15) is 52.5 Å². The van der Waals surface area contributed by atoms with Crippen LogP contribution in [-0.4, -0.2) is 47.0 Å². The molecule has 3 atom stereocenters. The van der Waals surface area contributed by atoms with Gasteiger partial charge in [0.25, 0.3) is 0 Å². The molecule has 1 aliphatic rings. The van der Waals surface area contributed by atoms with Crippen LogP contribution in [0.2, 0.25) is 0 Å². The van der Waals surface area contributed by atoms with E-state index in [2.05, 4.69) is 31.1 Å². The van der Waals surface area contributed by atoms with Crippen LogP contribution in [0.5, 0.6) is 0 Å². The number of hydrazine groups is 1. The maximum absolute atomic E-state index is 13.5. The predicted molar refractivity (Wildman–Crippen MR) is 142 cm³/mol. The van der Waals surface area contributed by atoms with Gasteiger partial charge in [0.1, 0.15) is 11.1 Å². The van der Waals surface area contributed by atoms with E-state index in [1.807, 2.05) is 6.92 Å². The van der Waals surface area contributed by atoms with E-state index in [4.69, 9.17) is 4.74 Å². The van der Waals surface area contributed by atoms with E-state index in [0.29, 0.717) is 24.0 Å². The lowest BCUT2D eigenvalue weighted by Crippen LogP contribution is -2.39. The zero-order chi connectivity index (χ0) is 27.7. The highest BCUT2D eigenvalue weighted by atomic mass is 32.2. The van der Waals surface area contributed by atoms with E-state index >= 15 is 0 Å². The first-order chi connectivity index (χ1) is 17.9. The molecule has 12 heteroatoms. The molecule has 0 aliphatic heterocycles. The van der Waals surface area contributed by atoms with Gasteiger partial charge in [-0.3, -0.25) is 15.6 Å². The van der Waals surface area contributed by atoms with Crippen molar-refractivity contribution in [2.24, 2.45) is 11.8 Å². The summed E-state index contributed by atoms with van der Waals surface area (Å²) in [4.78, 5) is 37.1. The smallest absolute Gasteiger partial charge is 0.407 e. The number of rotatable bonds is 7. The summed E-state index contributed by atoms with van der Waals surface area (Å²) < 4.78 is 32.3. The molecule has 0 saturated heterocycles. The Labute approximate surface area is 222 Å². The molecule has 4 N–H and O–H groups in total. The number of amides is 2. The second kappa shape index (κ2) is 10.6. The average molecular weight is 543 g/mol. The van der Waals surface area contributed by atoms with E-state index in [1.54, 1.807) is 58.2 Å². The number of carbonyl (C=O) groups excluding carboxylic acids is 2. The molecule has 3 aromatic rings. The lowest BCUT2D eigenvalue weighted by Gasteiger charge is -2.21. The molecule has 204 valence electrons. The third-order valence-electron chi connectivity index (χ3n) is 6.49. The lowest BCUT2D eigenvalue weighted by molar-refractivity contribution is -0.125. The Balaban J connectivity index is 1.53. The topological polar surface area (TPSA) is 155 Å². The summed E-state index contributed by atoms with van der Waals surface area (Å²) in [6.45, 7) is 9.17. The van der Waals surface area contributed by atoms with Gasteiger partial charge >= 0.3 is 6.09 Å². The highest BCUT2D eigenvalue weighted by Crippen LogP contribution is 2.35. The summed E-state index contributed by atoms with van der Waals surface area (Å²) in [5, 5.41) is 2.56. The van der Waals surface area contributed by atoms with Crippen LogP contribution in [0.15, 0.2) is 46.5 Å². The first kappa shape index (κ1) is 27.4. The third kappa shape index (κ3) is 6.07. The van der Waals surface area contributed by atoms with Crippen molar-refractivity contribution in [2.75, 3.05) is 5.43 Å². The van der Waals surface area contributed by atoms with Crippen molar-refractivity contribution >= 4 is 38.8 Å². The minimum absolute atomic E-state index is 0.0328. The molecule has 38 heavy (non-hydrogen) atoms. The zero-order valence-electron chi connectivity index (χ0n) is 22.2. The van der Waals surface area contributed by atoms with Gasteiger partial charge in [-0.2, -0.15) is 0 Å². The number of carbonyl (C=O) groups is 2. The van der Waals surface area contributed by atoms with Gasteiger partial charge in [0.05, 0.1) is 4.90 Å². The molecule has 1 saturated carbocycles. The van der Waals surface area contributed by atoms with Gasteiger partial charge in [-0.1, -0.05) is 25.5 Å². The molecule has 0 spiro atoms. The van der Waals surface area contributed by atoms with Gasteiger partial charge in [-0.15, -0.1) is 0 Å². The Morgan fingerprint density at radius 3 is 2.61 bits per heavy atom. The standard InChI is InChI=1S/C26H34N6O5S/c1-6-16-13-17(28-25(34)37-26(3,4)5)14-19(16)23(33)32-31-22-24(30-21-20(29-22)10-11-27-21)38(35,36)18-9-7-8-15(2)12-18/h7-12,16-17,19H,6,13-14H2,1-5H3,(H,27,30)(H,28,34)(H,29,31)(H,32,33). The minimum Gasteiger partial charge on any atom is -0.444 e. The van der Waals surface area contributed by atoms with Crippen molar-refractivity contribution in [3.8, 4) is 0 Å². The van der Waals surface area contributed by atoms with E-state index in [9.17, 15) is 18.0 Å². The quantitative estimate of drug-likeness (QED) is 0.328. The van der Waals surface area contributed by atoms with E-state index in [-0.39, 0.29) is 33.6 Å². The van der Waals surface area contributed by atoms with Gasteiger partial charge in [0, 0.05) is 18.2 Å². The fourth-order valence-corrected chi connectivity index (χ4v) is 6.11. The second-order valence-corrected chi connectivity index (χ2v) is 12.5. The SMILES string of the molecule is CCC1CC(NC(=O)OC(C)(C)C)CC1C(=O)NNc1nc2cc[nH]c2nc1S(=O)(=O)c1cccc(C)c1. The number of fused-ring (bicyclic) bond motifs is 1. The summed E-state index contributed by atoms with van der Waals surface area (Å²) in [6, 6.07) is 7.96. The van der Waals surface area contributed by atoms with Crippen LogP contribution in [-0.2, 0) is 19.4 Å². The number of nitrogens with zero attached hydrogens (tertiary/aromatic N) is 2. The Morgan fingerprint density at radius 2 is 1.92 bits per heavy atom. The number of nitrogens with one attached hydrogen (secondary N) is 4. The molecule has 1 aromatic carbocycles. The molecule has 1 aliphatic carbocycles. The van der Waals surface area contributed by atoms with Crippen LogP contribution >= 0.6 is 0 Å². The van der Waals surface area contributed by atoms with E-state index < -0.39 is 27.4 Å². The van der Waals surface area contributed by atoms with Crippen LogP contribution < -0.4 is 16.2 Å². The van der Waals surface area contributed by atoms with Crippen molar-refractivity contribution in [1.29, 1.82) is 0 Å². The number of benzene rings is 1. The van der Waals surface area contributed by atoms with Gasteiger partial charge < -0.3 is 15.0 Å². The largest absolute Gasteiger partial charge is 0.444 e. The number of alkyl carbamates (subject to hydrolysis) is 1. The molecular weight excluding hydrogens is 508 g/mol. The van der Waals surface area contributed by atoms with Crippen LogP contribution in [0.4, 0.5) is 10.6 Å². The number of aromatic nitrogens is 3. The van der Waals surface area contributed by atoms with E-state index in [0.717, 1.165) is 12.0 Å². The number of sulfone groups is 1. The highest BCUT2D eigenvalue weighted by Gasteiger charge is 2.39. The molecule has 2 heterocycles. The Bertz CT molecular complexity index is 1450. The Morgan fingerprint density at radius 1 is 1.16 bits per heavy atom. The zero-order valence-corrected chi connectivity index (χ0v) is 23.0. The normalized spacial score (nSPS) is 19.8. The Kier molecular flexibility index (Phi) is 7.63. The van der Waals surface area contributed by atoms with Gasteiger partial charge in [0.2, 0.25) is 20.8 Å². The molecule has 0 bridgehead atoms. The number of hydrogen-bond acceptors (Lipinski definition) is 8.